The lowest BCUT2D eigenvalue weighted by molar-refractivity contribution is 0.120. The van der Waals surface area contributed by atoms with Gasteiger partial charge in [0.15, 0.2) is 0 Å². The molecule has 0 heterocycles. The molecule has 0 radical (unpaired) electrons. The Bertz CT molecular complexity index is 188. The van der Waals surface area contributed by atoms with Crippen molar-refractivity contribution >= 4 is 8.56 Å². The Morgan fingerprint density at radius 1 is 1.06 bits per heavy atom. The molecule has 0 aromatic heterocycles. The summed E-state index contributed by atoms with van der Waals surface area (Å²) < 4.78 is 17.0. The summed E-state index contributed by atoms with van der Waals surface area (Å²) in [7, 11) is -2.14. The number of nitrogens with two attached hydrogens (primary N) is 3. The van der Waals surface area contributed by atoms with E-state index in [1.807, 2.05) is 13.5 Å². The maximum Gasteiger partial charge on any atom is 0.335 e. The molecule has 0 bridgehead atoms. The van der Waals surface area contributed by atoms with Crippen LogP contribution in [0.5, 0.6) is 0 Å². The minimum atomic E-state index is -2.14. The smallest absolute Gasteiger partial charge is 0.335 e. The first-order valence-corrected chi connectivity index (χ1v) is 9.08. The summed E-state index contributed by atoms with van der Waals surface area (Å²) in [6, 6.07) is 0.960. The number of hydrogen-bond donors (Lipinski definition) is 3. The molecule has 7 heteroatoms. The molecule has 6 nitrogen and oxygen atoms in total. The summed E-state index contributed by atoms with van der Waals surface area (Å²) in [6.07, 6.45) is 0.907. The van der Waals surface area contributed by atoms with Crippen molar-refractivity contribution in [2.24, 2.45) is 17.2 Å². The Balaban J connectivity index is 3.84. The van der Waals surface area contributed by atoms with E-state index in [4.69, 9.17) is 30.8 Å². The Morgan fingerprint density at radius 3 is 2.06 bits per heavy atom. The summed E-state index contributed by atoms with van der Waals surface area (Å²) in [5.74, 6) is 0. The number of hydrogen-bond acceptors (Lipinski definition) is 6. The zero-order chi connectivity index (χ0) is 13.9. The van der Waals surface area contributed by atoms with Crippen LogP contribution in [0.15, 0.2) is 0 Å². The summed E-state index contributed by atoms with van der Waals surface area (Å²) in [5.41, 5.74) is 16.5. The molecular formula is C11H29N3O3Si. The molecule has 18 heavy (non-hydrogen) atoms. The van der Waals surface area contributed by atoms with Gasteiger partial charge in [-0.1, -0.05) is 0 Å². The van der Waals surface area contributed by atoms with Crippen LogP contribution in [-0.4, -0.2) is 54.1 Å². The van der Waals surface area contributed by atoms with E-state index in [2.05, 4.69) is 0 Å². The molecule has 1 unspecified atom stereocenters. The molecule has 0 rings (SSSR count). The van der Waals surface area contributed by atoms with E-state index < -0.39 is 8.56 Å². The second-order valence-corrected chi connectivity index (χ2v) is 7.91. The summed E-state index contributed by atoms with van der Waals surface area (Å²) in [6.45, 7) is 7.33. The van der Waals surface area contributed by atoms with Crippen molar-refractivity contribution in [1.82, 2.24) is 0 Å². The van der Waals surface area contributed by atoms with Gasteiger partial charge in [-0.3, -0.25) is 0 Å². The number of rotatable bonds is 12. The third-order valence-electron chi connectivity index (χ3n) is 2.35. The number of ether oxygens (including phenoxy) is 1. The van der Waals surface area contributed by atoms with Gasteiger partial charge in [-0.05, 0) is 25.9 Å². The molecule has 0 amide bonds. The van der Waals surface area contributed by atoms with Crippen LogP contribution >= 0.6 is 0 Å². The summed E-state index contributed by atoms with van der Waals surface area (Å²) >= 11 is 0. The lowest BCUT2D eigenvalue weighted by Crippen LogP contribution is -2.41. The largest absolute Gasteiger partial charge is 0.393 e. The average molecular weight is 279 g/mol. The minimum absolute atomic E-state index is 0.0793. The van der Waals surface area contributed by atoms with E-state index in [1.165, 1.54) is 0 Å². The zero-order valence-corrected chi connectivity index (χ0v) is 12.7. The van der Waals surface area contributed by atoms with Crippen LogP contribution in [0.4, 0.5) is 0 Å². The first-order chi connectivity index (χ1) is 8.54. The van der Waals surface area contributed by atoms with Gasteiger partial charge in [0.2, 0.25) is 0 Å². The second-order valence-electron chi connectivity index (χ2n) is 4.56. The highest BCUT2D eigenvalue weighted by atomic mass is 28.4. The predicted octanol–water partition coefficient (Wildman–Crippen LogP) is -0.237. The van der Waals surface area contributed by atoms with Crippen molar-refractivity contribution < 1.29 is 13.6 Å². The van der Waals surface area contributed by atoms with Gasteiger partial charge in [0, 0.05) is 39.0 Å². The van der Waals surface area contributed by atoms with Crippen molar-refractivity contribution in [3.05, 3.63) is 0 Å². The van der Waals surface area contributed by atoms with E-state index in [0.29, 0.717) is 39.5 Å². The fraction of sp³-hybridized carbons (Fsp3) is 1.00. The predicted molar refractivity (Wildman–Crippen MR) is 75.5 cm³/mol. The van der Waals surface area contributed by atoms with E-state index in [-0.39, 0.29) is 6.04 Å². The molecule has 0 aliphatic carbocycles. The third kappa shape index (κ3) is 9.95. The van der Waals surface area contributed by atoms with Gasteiger partial charge in [0.1, 0.15) is 0 Å². The standard InChI is InChI=1S/C11H29N3O3Si/c1-11(14)10-15-6-3-9-18(2,16-7-4-12)17-8-5-13/h11H,3-10,12-14H2,1-2H3. The van der Waals surface area contributed by atoms with Crippen LogP contribution in [0.2, 0.25) is 12.6 Å². The molecule has 0 aliphatic rings. The lowest BCUT2D eigenvalue weighted by atomic mass is 10.4. The van der Waals surface area contributed by atoms with Crippen LogP contribution in [0.3, 0.4) is 0 Å². The molecule has 6 N–H and O–H groups in total. The molecule has 0 aromatic carbocycles. The summed E-state index contributed by atoms with van der Waals surface area (Å²) in [5, 5.41) is 0. The summed E-state index contributed by atoms with van der Waals surface area (Å²) in [4.78, 5) is 0. The molecule has 0 spiro atoms. The van der Waals surface area contributed by atoms with E-state index >= 15 is 0 Å². The fourth-order valence-corrected chi connectivity index (χ4v) is 3.76. The van der Waals surface area contributed by atoms with Gasteiger partial charge in [-0.2, -0.15) is 0 Å². The lowest BCUT2D eigenvalue weighted by Gasteiger charge is -2.26. The van der Waals surface area contributed by atoms with Crippen molar-refractivity contribution in [3.8, 4) is 0 Å². The second kappa shape index (κ2) is 10.9. The Morgan fingerprint density at radius 2 is 1.61 bits per heavy atom. The van der Waals surface area contributed by atoms with Crippen LogP contribution in [0.25, 0.3) is 0 Å². The molecule has 0 fully saturated rings. The van der Waals surface area contributed by atoms with Gasteiger partial charge in [-0.15, -0.1) is 0 Å². The van der Waals surface area contributed by atoms with Crippen molar-refractivity contribution in [2.75, 3.05) is 39.5 Å². The van der Waals surface area contributed by atoms with Gasteiger partial charge in [-0.25, -0.2) is 0 Å². The molecular weight excluding hydrogens is 250 g/mol. The molecule has 110 valence electrons. The highest BCUT2D eigenvalue weighted by molar-refractivity contribution is 6.66. The monoisotopic (exact) mass is 279 g/mol. The van der Waals surface area contributed by atoms with Crippen molar-refractivity contribution in [1.29, 1.82) is 0 Å². The Kier molecular flexibility index (Phi) is 10.8. The first kappa shape index (κ1) is 18.0. The topological polar surface area (TPSA) is 106 Å². The van der Waals surface area contributed by atoms with Gasteiger partial charge >= 0.3 is 8.56 Å². The van der Waals surface area contributed by atoms with E-state index in [9.17, 15) is 0 Å². The molecule has 0 saturated heterocycles. The van der Waals surface area contributed by atoms with Gasteiger partial charge < -0.3 is 30.8 Å². The molecule has 1 atom stereocenters. The first-order valence-electron chi connectivity index (χ1n) is 6.55. The maximum atomic E-state index is 5.76. The molecule has 0 aromatic rings. The van der Waals surface area contributed by atoms with Gasteiger partial charge in [0.25, 0.3) is 0 Å². The SMILES string of the molecule is CC(N)COCCC[Si](C)(OCCN)OCCN. The Labute approximate surface area is 111 Å². The van der Waals surface area contributed by atoms with E-state index in [1.54, 1.807) is 0 Å². The highest BCUT2D eigenvalue weighted by Gasteiger charge is 2.30. The molecule has 0 aliphatic heterocycles. The fourth-order valence-electron chi connectivity index (χ4n) is 1.50. The zero-order valence-electron chi connectivity index (χ0n) is 11.7. The highest BCUT2D eigenvalue weighted by Crippen LogP contribution is 2.15. The van der Waals surface area contributed by atoms with Crippen molar-refractivity contribution in [2.45, 2.75) is 32.0 Å². The van der Waals surface area contributed by atoms with Crippen molar-refractivity contribution in [3.63, 3.8) is 0 Å². The maximum absolute atomic E-state index is 5.76. The quantitative estimate of drug-likeness (QED) is 0.336. The Hall–Kier alpha value is -0.0231. The van der Waals surface area contributed by atoms with Crippen LogP contribution in [0, 0.1) is 0 Å². The van der Waals surface area contributed by atoms with Gasteiger partial charge in [0.05, 0.1) is 6.61 Å². The van der Waals surface area contributed by atoms with Crippen LogP contribution in [-0.2, 0) is 13.6 Å². The molecule has 0 saturated carbocycles. The van der Waals surface area contributed by atoms with Crippen LogP contribution < -0.4 is 17.2 Å². The average Bonchev–Trinajstić information content (AvgIpc) is 2.33. The minimum Gasteiger partial charge on any atom is -0.393 e. The normalized spacial score (nSPS) is 13.8. The van der Waals surface area contributed by atoms with E-state index in [0.717, 1.165) is 12.5 Å². The third-order valence-corrected chi connectivity index (χ3v) is 5.24. The van der Waals surface area contributed by atoms with Crippen LogP contribution in [0.1, 0.15) is 13.3 Å².